The fraction of sp³-hybridized carbons (Fsp3) is 0.381. The molecule has 28 heavy (non-hydrogen) atoms. The van der Waals surface area contributed by atoms with Gasteiger partial charge in [-0.1, -0.05) is 12.1 Å². The van der Waals surface area contributed by atoms with Crippen LogP contribution in [0.15, 0.2) is 39.5 Å². The standard InChI is InChI=1S/C21H21N3O4/c1-27-17-7-3-5-15-8-18(28-20(15)17)21(26)23-10-13(11-23)12-24-19(25)9-14-4-2-6-16(14)22-24/h3,5,7-9,13H,2,4,6,10-12H2,1H3. The average molecular weight is 379 g/mol. The maximum Gasteiger partial charge on any atom is 0.289 e. The maximum absolute atomic E-state index is 12.7. The molecule has 0 bridgehead atoms. The summed E-state index contributed by atoms with van der Waals surface area (Å²) in [7, 11) is 1.58. The topological polar surface area (TPSA) is 77.6 Å². The molecule has 2 aromatic heterocycles. The molecule has 2 aliphatic rings. The van der Waals surface area contributed by atoms with Crippen molar-refractivity contribution in [3.05, 3.63) is 57.7 Å². The molecule has 144 valence electrons. The summed E-state index contributed by atoms with van der Waals surface area (Å²) >= 11 is 0. The van der Waals surface area contributed by atoms with Crippen LogP contribution in [-0.4, -0.2) is 40.8 Å². The molecule has 1 aliphatic heterocycles. The Morgan fingerprint density at radius 1 is 1.29 bits per heavy atom. The van der Waals surface area contributed by atoms with E-state index in [0.29, 0.717) is 36.7 Å². The lowest BCUT2D eigenvalue weighted by molar-refractivity contribution is 0.0429. The minimum absolute atomic E-state index is 0.0465. The molecule has 7 heteroatoms. The van der Waals surface area contributed by atoms with Crippen LogP contribution < -0.4 is 10.3 Å². The number of para-hydroxylation sites is 1. The number of methoxy groups -OCH3 is 1. The van der Waals surface area contributed by atoms with Crippen LogP contribution in [0.25, 0.3) is 11.0 Å². The summed E-state index contributed by atoms with van der Waals surface area (Å²) in [6.07, 6.45) is 2.96. The van der Waals surface area contributed by atoms with Gasteiger partial charge >= 0.3 is 0 Å². The van der Waals surface area contributed by atoms with E-state index in [9.17, 15) is 9.59 Å². The number of benzene rings is 1. The van der Waals surface area contributed by atoms with E-state index in [1.54, 1.807) is 34.9 Å². The number of aryl methyl sites for hydroxylation is 2. The van der Waals surface area contributed by atoms with Crippen molar-refractivity contribution >= 4 is 16.9 Å². The van der Waals surface area contributed by atoms with Gasteiger partial charge in [0.15, 0.2) is 17.1 Å². The molecule has 0 spiro atoms. The number of rotatable bonds is 4. The van der Waals surface area contributed by atoms with Crippen LogP contribution in [0, 0.1) is 5.92 Å². The Hall–Kier alpha value is -3.09. The van der Waals surface area contributed by atoms with Crippen molar-refractivity contribution < 1.29 is 13.9 Å². The van der Waals surface area contributed by atoms with Crippen LogP contribution in [0.4, 0.5) is 0 Å². The second kappa shape index (κ2) is 6.51. The zero-order chi connectivity index (χ0) is 19.3. The largest absolute Gasteiger partial charge is 0.493 e. The van der Waals surface area contributed by atoms with Crippen LogP contribution in [-0.2, 0) is 19.4 Å². The lowest BCUT2D eigenvalue weighted by Crippen LogP contribution is -2.52. The molecule has 0 atom stereocenters. The highest BCUT2D eigenvalue weighted by Gasteiger charge is 2.33. The summed E-state index contributed by atoms with van der Waals surface area (Å²) in [6, 6.07) is 9.04. The predicted molar refractivity (Wildman–Crippen MR) is 103 cm³/mol. The maximum atomic E-state index is 12.7. The van der Waals surface area contributed by atoms with Gasteiger partial charge in [0.2, 0.25) is 0 Å². The first-order valence-electron chi connectivity index (χ1n) is 9.58. The Bertz CT molecular complexity index is 1120. The van der Waals surface area contributed by atoms with Crippen molar-refractivity contribution in [3.63, 3.8) is 0 Å². The molecule has 1 aromatic carbocycles. The molecular formula is C21H21N3O4. The number of fused-ring (bicyclic) bond motifs is 2. The van der Waals surface area contributed by atoms with E-state index in [1.165, 1.54) is 0 Å². The highest BCUT2D eigenvalue weighted by molar-refractivity contribution is 5.97. The fourth-order valence-electron chi connectivity index (χ4n) is 4.12. The number of ether oxygens (including phenoxy) is 1. The molecule has 3 heterocycles. The van der Waals surface area contributed by atoms with Gasteiger partial charge in [0, 0.05) is 30.5 Å². The van der Waals surface area contributed by atoms with Crippen LogP contribution in [0.2, 0.25) is 0 Å². The van der Waals surface area contributed by atoms with E-state index in [-0.39, 0.29) is 17.4 Å². The third kappa shape index (κ3) is 2.78. The number of carbonyl (C=O) groups excluding carboxylic acids is 1. The van der Waals surface area contributed by atoms with Gasteiger partial charge in [-0.2, -0.15) is 5.10 Å². The normalized spacial score (nSPS) is 16.2. The zero-order valence-electron chi connectivity index (χ0n) is 15.7. The highest BCUT2D eigenvalue weighted by atomic mass is 16.5. The van der Waals surface area contributed by atoms with E-state index in [1.807, 2.05) is 12.1 Å². The van der Waals surface area contributed by atoms with E-state index in [2.05, 4.69) is 5.10 Å². The minimum atomic E-state index is -0.135. The van der Waals surface area contributed by atoms with Crippen molar-refractivity contribution in [2.75, 3.05) is 20.2 Å². The van der Waals surface area contributed by atoms with Crippen LogP contribution in [0.1, 0.15) is 28.2 Å². The first-order valence-corrected chi connectivity index (χ1v) is 9.58. The van der Waals surface area contributed by atoms with E-state index >= 15 is 0 Å². The summed E-state index contributed by atoms with van der Waals surface area (Å²) < 4.78 is 12.6. The minimum Gasteiger partial charge on any atom is -0.493 e. The Morgan fingerprint density at radius 2 is 2.14 bits per heavy atom. The van der Waals surface area contributed by atoms with Gasteiger partial charge < -0.3 is 14.1 Å². The van der Waals surface area contributed by atoms with Crippen molar-refractivity contribution in [2.24, 2.45) is 5.92 Å². The van der Waals surface area contributed by atoms with Crippen LogP contribution >= 0.6 is 0 Å². The number of furan rings is 1. The number of amides is 1. The van der Waals surface area contributed by atoms with E-state index in [4.69, 9.17) is 9.15 Å². The van der Waals surface area contributed by atoms with Gasteiger partial charge in [-0.3, -0.25) is 9.59 Å². The summed E-state index contributed by atoms with van der Waals surface area (Å²) in [5.74, 6) is 1.02. The molecule has 3 aromatic rings. The molecule has 1 aliphatic carbocycles. The second-order valence-electron chi connectivity index (χ2n) is 7.56. The van der Waals surface area contributed by atoms with Crippen LogP contribution in [0.3, 0.4) is 0 Å². The third-order valence-electron chi connectivity index (χ3n) is 5.64. The number of aromatic nitrogens is 2. The Kier molecular flexibility index (Phi) is 3.96. The Labute approximate surface area is 161 Å². The molecule has 1 saturated heterocycles. The second-order valence-corrected chi connectivity index (χ2v) is 7.56. The number of carbonyl (C=O) groups is 1. The summed E-state index contributed by atoms with van der Waals surface area (Å²) in [6.45, 7) is 1.74. The van der Waals surface area contributed by atoms with Gasteiger partial charge in [0.05, 0.1) is 19.3 Å². The molecule has 5 rings (SSSR count). The number of nitrogens with zero attached hydrogens (tertiary/aromatic N) is 3. The van der Waals surface area contributed by atoms with Crippen molar-refractivity contribution in [1.82, 2.24) is 14.7 Å². The molecule has 0 unspecified atom stereocenters. The van der Waals surface area contributed by atoms with Crippen molar-refractivity contribution in [1.29, 1.82) is 0 Å². The summed E-state index contributed by atoms with van der Waals surface area (Å²) in [5, 5.41) is 5.36. The quantitative estimate of drug-likeness (QED) is 0.695. The number of hydrogen-bond acceptors (Lipinski definition) is 5. The molecule has 0 saturated carbocycles. The summed E-state index contributed by atoms with van der Waals surface area (Å²) in [4.78, 5) is 26.7. The van der Waals surface area contributed by atoms with Crippen molar-refractivity contribution in [2.45, 2.75) is 25.8 Å². The number of hydrogen-bond donors (Lipinski definition) is 0. The Balaban J connectivity index is 1.27. The fourth-order valence-corrected chi connectivity index (χ4v) is 4.12. The predicted octanol–water partition coefficient (Wildman–Crippen LogP) is 2.26. The Morgan fingerprint density at radius 3 is 2.96 bits per heavy atom. The van der Waals surface area contributed by atoms with Gasteiger partial charge in [0.25, 0.3) is 11.5 Å². The average Bonchev–Trinajstić information content (AvgIpc) is 3.29. The van der Waals surface area contributed by atoms with Crippen LogP contribution in [0.5, 0.6) is 5.75 Å². The monoisotopic (exact) mass is 379 g/mol. The first-order chi connectivity index (χ1) is 13.6. The zero-order valence-corrected chi connectivity index (χ0v) is 15.7. The first kappa shape index (κ1) is 17.0. The van der Waals surface area contributed by atoms with Gasteiger partial charge in [-0.25, -0.2) is 4.68 Å². The number of likely N-dealkylation sites (tertiary alicyclic amines) is 1. The molecule has 1 amide bonds. The highest BCUT2D eigenvalue weighted by Crippen LogP contribution is 2.30. The lowest BCUT2D eigenvalue weighted by atomic mass is 10.00. The van der Waals surface area contributed by atoms with Crippen molar-refractivity contribution in [3.8, 4) is 5.75 Å². The SMILES string of the molecule is COc1cccc2cc(C(=O)N3CC(Cn4nc5c(cc4=O)CCC5)C3)oc12. The van der Waals surface area contributed by atoms with E-state index < -0.39 is 0 Å². The smallest absolute Gasteiger partial charge is 0.289 e. The van der Waals surface area contributed by atoms with Gasteiger partial charge in [-0.15, -0.1) is 0 Å². The molecular weight excluding hydrogens is 358 g/mol. The van der Waals surface area contributed by atoms with Gasteiger partial charge in [-0.05, 0) is 37.0 Å². The molecule has 0 radical (unpaired) electrons. The molecule has 0 N–H and O–H groups in total. The lowest BCUT2D eigenvalue weighted by Gasteiger charge is -2.38. The van der Waals surface area contributed by atoms with Gasteiger partial charge in [0.1, 0.15) is 0 Å². The third-order valence-corrected chi connectivity index (χ3v) is 5.64. The summed E-state index contributed by atoms with van der Waals surface area (Å²) in [5.41, 5.74) is 2.67. The molecule has 1 fully saturated rings. The van der Waals surface area contributed by atoms with E-state index in [0.717, 1.165) is 35.9 Å². The molecule has 7 nitrogen and oxygen atoms in total.